The minimum absolute atomic E-state index is 0.233. The molecular formula is C13H15NO. The smallest absolute Gasteiger partial charge is 0.179 e. The summed E-state index contributed by atoms with van der Waals surface area (Å²) in [6.45, 7) is 2.03. The van der Waals surface area contributed by atoms with Crippen molar-refractivity contribution in [2.45, 2.75) is 19.8 Å². The number of rotatable bonds is 3. The van der Waals surface area contributed by atoms with E-state index in [1.165, 1.54) is 0 Å². The average molecular weight is 201 g/mol. The number of benzene rings is 1. The molecule has 1 aromatic carbocycles. The van der Waals surface area contributed by atoms with Crippen molar-refractivity contribution in [3.8, 4) is 0 Å². The first-order chi connectivity index (χ1) is 7.24. The molecule has 0 unspecified atom stereocenters. The molecule has 0 saturated carbocycles. The van der Waals surface area contributed by atoms with Crippen molar-refractivity contribution < 1.29 is 4.79 Å². The molecule has 0 radical (unpaired) electrons. The fourth-order valence-electron chi connectivity index (χ4n) is 1.91. The lowest BCUT2D eigenvalue weighted by Crippen LogP contribution is -2.04. The summed E-state index contributed by atoms with van der Waals surface area (Å²) in [6.07, 6.45) is 1.53. The molecule has 0 aliphatic carbocycles. The van der Waals surface area contributed by atoms with Crippen LogP contribution in [-0.4, -0.2) is 10.4 Å². The van der Waals surface area contributed by atoms with Crippen molar-refractivity contribution in [2.75, 3.05) is 0 Å². The van der Waals surface area contributed by atoms with Crippen molar-refractivity contribution in [3.63, 3.8) is 0 Å². The third-order valence-electron chi connectivity index (χ3n) is 2.71. The number of hydrogen-bond acceptors (Lipinski definition) is 1. The Balaban J connectivity index is 2.53. The fraction of sp³-hybridized carbons (Fsp3) is 0.308. The van der Waals surface area contributed by atoms with Crippen molar-refractivity contribution in [1.29, 1.82) is 0 Å². The van der Waals surface area contributed by atoms with Gasteiger partial charge in [0, 0.05) is 24.4 Å². The van der Waals surface area contributed by atoms with Crippen LogP contribution < -0.4 is 0 Å². The van der Waals surface area contributed by atoms with E-state index in [4.69, 9.17) is 0 Å². The largest absolute Gasteiger partial charge is 0.341 e. The Kier molecular flexibility index (Phi) is 2.58. The van der Waals surface area contributed by atoms with Crippen LogP contribution in [0.5, 0.6) is 0 Å². The fourth-order valence-corrected chi connectivity index (χ4v) is 1.91. The van der Waals surface area contributed by atoms with Crippen LogP contribution in [0.2, 0.25) is 0 Å². The van der Waals surface area contributed by atoms with Gasteiger partial charge in [-0.2, -0.15) is 0 Å². The predicted molar refractivity (Wildman–Crippen MR) is 62.2 cm³/mol. The Morgan fingerprint density at radius 3 is 2.73 bits per heavy atom. The van der Waals surface area contributed by atoms with E-state index in [0.717, 1.165) is 23.0 Å². The number of aryl methyl sites for hydroxylation is 1. The summed E-state index contributed by atoms with van der Waals surface area (Å²) in [5, 5.41) is 1.14. The summed E-state index contributed by atoms with van der Waals surface area (Å²) in [5.74, 6) is 0.233. The van der Waals surface area contributed by atoms with Gasteiger partial charge in [0.25, 0.3) is 0 Å². The number of ketones is 1. The van der Waals surface area contributed by atoms with Gasteiger partial charge in [-0.1, -0.05) is 25.1 Å². The Labute approximate surface area is 89.5 Å². The van der Waals surface area contributed by atoms with Crippen molar-refractivity contribution >= 4 is 16.7 Å². The predicted octanol–water partition coefficient (Wildman–Crippen LogP) is 3.16. The Bertz CT molecular complexity index is 496. The lowest BCUT2D eigenvalue weighted by Gasteiger charge is -2.01. The molecule has 2 heteroatoms. The molecule has 2 rings (SSSR count). The highest BCUT2D eigenvalue weighted by atomic mass is 16.1. The van der Waals surface area contributed by atoms with E-state index in [0.29, 0.717) is 6.42 Å². The molecule has 1 aromatic heterocycles. The van der Waals surface area contributed by atoms with E-state index in [9.17, 15) is 4.79 Å². The summed E-state index contributed by atoms with van der Waals surface area (Å²) in [5.41, 5.74) is 1.94. The number of para-hydroxylation sites is 1. The van der Waals surface area contributed by atoms with Crippen LogP contribution in [0, 0.1) is 0 Å². The molecule has 0 saturated heterocycles. The van der Waals surface area contributed by atoms with Crippen LogP contribution >= 0.6 is 0 Å². The number of carbonyl (C=O) groups is 1. The summed E-state index contributed by atoms with van der Waals surface area (Å²) in [7, 11) is 1.95. The molecule has 0 fully saturated rings. The first-order valence-electron chi connectivity index (χ1n) is 5.31. The zero-order chi connectivity index (χ0) is 10.8. The van der Waals surface area contributed by atoms with Crippen LogP contribution in [0.15, 0.2) is 30.3 Å². The normalized spacial score (nSPS) is 10.8. The molecular weight excluding hydrogens is 186 g/mol. The number of fused-ring (bicyclic) bond motifs is 1. The second kappa shape index (κ2) is 3.89. The van der Waals surface area contributed by atoms with Gasteiger partial charge in [0.15, 0.2) is 5.78 Å². The average Bonchev–Trinajstić information content (AvgIpc) is 2.57. The van der Waals surface area contributed by atoms with E-state index >= 15 is 0 Å². The number of aromatic nitrogens is 1. The summed E-state index contributed by atoms with van der Waals surface area (Å²) in [4.78, 5) is 11.8. The number of nitrogens with zero attached hydrogens (tertiary/aromatic N) is 1. The van der Waals surface area contributed by atoms with Gasteiger partial charge in [0.1, 0.15) is 0 Å². The van der Waals surface area contributed by atoms with Crippen LogP contribution in [-0.2, 0) is 7.05 Å². The third kappa shape index (κ3) is 1.67. The van der Waals surface area contributed by atoms with Crippen LogP contribution in [0.3, 0.4) is 0 Å². The SMILES string of the molecule is CCCC(=O)c1cc2ccccc2n1C. The van der Waals surface area contributed by atoms with E-state index in [1.807, 2.05) is 48.9 Å². The zero-order valence-corrected chi connectivity index (χ0v) is 9.16. The highest BCUT2D eigenvalue weighted by Gasteiger charge is 2.11. The molecule has 0 atom stereocenters. The van der Waals surface area contributed by atoms with Crippen LogP contribution in [0.25, 0.3) is 10.9 Å². The standard InChI is InChI=1S/C13H15NO/c1-3-6-13(15)12-9-10-7-4-5-8-11(10)14(12)2/h4-5,7-9H,3,6H2,1-2H3. The van der Waals surface area contributed by atoms with Gasteiger partial charge in [0.05, 0.1) is 5.69 Å². The van der Waals surface area contributed by atoms with Gasteiger partial charge in [-0.25, -0.2) is 0 Å². The second-order valence-electron chi connectivity index (χ2n) is 3.82. The highest BCUT2D eigenvalue weighted by molar-refractivity contribution is 5.99. The first-order valence-corrected chi connectivity index (χ1v) is 5.31. The van der Waals surface area contributed by atoms with E-state index in [1.54, 1.807) is 0 Å². The number of Topliss-reactive ketones (excluding diaryl/α,β-unsaturated/α-hetero) is 1. The Morgan fingerprint density at radius 1 is 1.33 bits per heavy atom. The van der Waals surface area contributed by atoms with Crippen molar-refractivity contribution in [1.82, 2.24) is 4.57 Å². The topological polar surface area (TPSA) is 22.0 Å². The maximum atomic E-state index is 11.8. The molecule has 78 valence electrons. The molecule has 0 spiro atoms. The van der Waals surface area contributed by atoms with Gasteiger partial charge in [-0.05, 0) is 18.6 Å². The first kappa shape index (κ1) is 9.97. The van der Waals surface area contributed by atoms with Gasteiger partial charge in [-0.3, -0.25) is 4.79 Å². The van der Waals surface area contributed by atoms with Crippen molar-refractivity contribution in [2.24, 2.45) is 7.05 Å². The minimum atomic E-state index is 0.233. The molecule has 0 aliphatic rings. The molecule has 2 nitrogen and oxygen atoms in total. The number of carbonyl (C=O) groups excluding carboxylic acids is 1. The molecule has 1 heterocycles. The second-order valence-corrected chi connectivity index (χ2v) is 3.82. The van der Waals surface area contributed by atoms with Crippen LogP contribution in [0.1, 0.15) is 30.3 Å². The molecule has 0 bridgehead atoms. The van der Waals surface area contributed by atoms with Crippen LogP contribution in [0.4, 0.5) is 0 Å². The lowest BCUT2D eigenvalue weighted by molar-refractivity contribution is 0.0974. The molecule has 2 aromatic rings. The molecule has 0 N–H and O–H groups in total. The third-order valence-corrected chi connectivity index (χ3v) is 2.71. The van der Waals surface area contributed by atoms with E-state index in [-0.39, 0.29) is 5.78 Å². The summed E-state index contributed by atoms with van der Waals surface area (Å²) in [6, 6.07) is 10.1. The van der Waals surface area contributed by atoms with E-state index < -0.39 is 0 Å². The van der Waals surface area contributed by atoms with E-state index in [2.05, 4.69) is 0 Å². The van der Waals surface area contributed by atoms with Gasteiger partial charge in [-0.15, -0.1) is 0 Å². The monoisotopic (exact) mass is 201 g/mol. The van der Waals surface area contributed by atoms with Crippen molar-refractivity contribution in [3.05, 3.63) is 36.0 Å². The highest BCUT2D eigenvalue weighted by Crippen LogP contribution is 2.19. The lowest BCUT2D eigenvalue weighted by atomic mass is 10.2. The van der Waals surface area contributed by atoms with Gasteiger partial charge < -0.3 is 4.57 Å². The Morgan fingerprint density at radius 2 is 2.07 bits per heavy atom. The van der Waals surface area contributed by atoms with Gasteiger partial charge in [0.2, 0.25) is 0 Å². The zero-order valence-electron chi connectivity index (χ0n) is 9.16. The van der Waals surface area contributed by atoms with Gasteiger partial charge >= 0.3 is 0 Å². The Hall–Kier alpha value is -1.57. The maximum absolute atomic E-state index is 11.8. The molecule has 0 aliphatic heterocycles. The maximum Gasteiger partial charge on any atom is 0.179 e. The molecule has 0 amide bonds. The molecule has 15 heavy (non-hydrogen) atoms. The quantitative estimate of drug-likeness (QED) is 0.699. The minimum Gasteiger partial charge on any atom is -0.341 e. The number of hydrogen-bond donors (Lipinski definition) is 0. The summed E-state index contributed by atoms with van der Waals surface area (Å²) < 4.78 is 1.98. The summed E-state index contributed by atoms with van der Waals surface area (Å²) >= 11 is 0.